The lowest BCUT2D eigenvalue weighted by Crippen LogP contribution is -2.32. The van der Waals surface area contributed by atoms with Gasteiger partial charge in [0, 0.05) is 43.6 Å². The van der Waals surface area contributed by atoms with Gasteiger partial charge in [-0.15, -0.1) is 0 Å². The number of nitrogens with one attached hydrogen (secondary N) is 1. The van der Waals surface area contributed by atoms with Crippen LogP contribution in [0.4, 0.5) is 23.5 Å². The average molecular weight is 419 g/mol. The van der Waals surface area contributed by atoms with Crippen molar-refractivity contribution in [2.24, 2.45) is 0 Å². The van der Waals surface area contributed by atoms with Gasteiger partial charge in [0.05, 0.1) is 10.0 Å². The van der Waals surface area contributed by atoms with Crippen LogP contribution in [-0.2, 0) is 12.7 Å². The number of hydrogen-bond donors (Lipinski definition) is 1. The number of halogens is 5. The highest BCUT2D eigenvalue weighted by atomic mass is 79.9. The number of rotatable bonds is 4. The Hall–Kier alpha value is -1.74. The van der Waals surface area contributed by atoms with Crippen molar-refractivity contribution in [2.75, 3.05) is 18.0 Å². The first-order chi connectivity index (χ1) is 11.8. The average Bonchev–Trinajstić information content (AvgIpc) is 3.02. The van der Waals surface area contributed by atoms with Crippen LogP contribution in [0.3, 0.4) is 0 Å². The van der Waals surface area contributed by atoms with E-state index < -0.39 is 17.6 Å². The molecule has 0 spiro atoms. The summed E-state index contributed by atoms with van der Waals surface area (Å²) in [5.74, 6) is -0.235. The topological polar surface area (TPSA) is 41.0 Å². The maximum absolute atomic E-state index is 13.9. The van der Waals surface area contributed by atoms with Crippen molar-refractivity contribution in [1.82, 2.24) is 15.3 Å². The van der Waals surface area contributed by atoms with Crippen molar-refractivity contribution in [3.8, 4) is 0 Å². The summed E-state index contributed by atoms with van der Waals surface area (Å²) in [6.07, 6.45) is -0.382. The highest BCUT2D eigenvalue weighted by Gasteiger charge is 2.31. The van der Waals surface area contributed by atoms with E-state index in [9.17, 15) is 17.6 Å². The van der Waals surface area contributed by atoms with Crippen LogP contribution in [0.1, 0.15) is 17.5 Å². The van der Waals surface area contributed by atoms with Crippen LogP contribution < -0.4 is 10.2 Å². The molecule has 3 rings (SSSR count). The molecule has 0 radical (unpaired) electrons. The van der Waals surface area contributed by atoms with Crippen molar-refractivity contribution in [1.29, 1.82) is 0 Å². The Morgan fingerprint density at radius 3 is 2.60 bits per heavy atom. The standard InChI is InChI=1S/C16H15BrF4N4/c17-12-7-23-15(24-8-12)25-4-3-13(9-25)22-6-10-1-2-11(5-14(10)18)16(19,20)21/h1-2,5,7-8,13,22H,3-4,6,9H2/t13-/m0/s1. The number of benzene rings is 1. The van der Waals surface area contributed by atoms with E-state index in [0.717, 1.165) is 23.5 Å². The predicted octanol–water partition coefficient (Wildman–Crippen LogP) is 3.77. The van der Waals surface area contributed by atoms with E-state index in [-0.39, 0.29) is 18.2 Å². The van der Waals surface area contributed by atoms with E-state index in [0.29, 0.717) is 18.6 Å². The van der Waals surface area contributed by atoms with Gasteiger partial charge in [-0.25, -0.2) is 14.4 Å². The Labute approximate surface area is 150 Å². The van der Waals surface area contributed by atoms with Gasteiger partial charge in [0.25, 0.3) is 0 Å². The largest absolute Gasteiger partial charge is 0.416 e. The van der Waals surface area contributed by atoms with Gasteiger partial charge in [-0.05, 0) is 34.5 Å². The summed E-state index contributed by atoms with van der Waals surface area (Å²) in [5, 5.41) is 3.18. The molecule has 1 aliphatic rings. The third kappa shape index (κ3) is 4.46. The Morgan fingerprint density at radius 1 is 1.24 bits per heavy atom. The second kappa shape index (κ2) is 7.25. The van der Waals surface area contributed by atoms with E-state index in [1.165, 1.54) is 6.07 Å². The zero-order valence-corrected chi connectivity index (χ0v) is 14.6. The number of alkyl halides is 3. The van der Waals surface area contributed by atoms with E-state index in [2.05, 4.69) is 31.2 Å². The summed E-state index contributed by atoms with van der Waals surface area (Å²) in [5.41, 5.74) is -0.764. The number of nitrogens with zero attached hydrogens (tertiary/aromatic N) is 3. The molecule has 2 heterocycles. The van der Waals surface area contributed by atoms with Crippen LogP contribution in [0.5, 0.6) is 0 Å². The third-order valence-corrected chi connectivity index (χ3v) is 4.45. The summed E-state index contributed by atoms with van der Waals surface area (Å²) < 4.78 is 52.3. The van der Waals surface area contributed by atoms with Gasteiger partial charge in [0.2, 0.25) is 5.95 Å². The summed E-state index contributed by atoms with van der Waals surface area (Å²) in [7, 11) is 0. The molecule has 0 aliphatic carbocycles. The Kier molecular flexibility index (Phi) is 5.24. The third-order valence-electron chi connectivity index (χ3n) is 4.04. The minimum absolute atomic E-state index is 0.0916. The quantitative estimate of drug-likeness (QED) is 0.767. The van der Waals surface area contributed by atoms with Crippen LogP contribution in [0.25, 0.3) is 0 Å². The first-order valence-corrected chi connectivity index (χ1v) is 8.44. The molecule has 1 atom stereocenters. The smallest absolute Gasteiger partial charge is 0.339 e. The molecular weight excluding hydrogens is 404 g/mol. The summed E-state index contributed by atoms with van der Waals surface area (Å²) in [6.45, 7) is 1.59. The zero-order chi connectivity index (χ0) is 18.0. The van der Waals surface area contributed by atoms with Crippen molar-refractivity contribution >= 4 is 21.9 Å². The Bertz CT molecular complexity index is 736. The second-order valence-corrected chi connectivity index (χ2v) is 6.73. The molecule has 1 N–H and O–H groups in total. The van der Waals surface area contributed by atoms with E-state index in [1.807, 2.05) is 4.90 Å². The summed E-state index contributed by atoms with van der Waals surface area (Å²) >= 11 is 3.28. The molecule has 0 bridgehead atoms. The maximum atomic E-state index is 13.9. The Morgan fingerprint density at radius 2 is 1.96 bits per heavy atom. The molecule has 2 aromatic rings. The first kappa shape index (κ1) is 18.1. The molecule has 9 heteroatoms. The molecule has 25 heavy (non-hydrogen) atoms. The van der Waals surface area contributed by atoms with Gasteiger partial charge in [0.15, 0.2) is 0 Å². The minimum Gasteiger partial charge on any atom is -0.339 e. The molecule has 4 nitrogen and oxygen atoms in total. The van der Waals surface area contributed by atoms with Gasteiger partial charge in [-0.3, -0.25) is 0 Å². The fraction of sp³-hybridized carbons (Fsp3) is 0.375. The molecule has 0 amide bonds. The highest BCUT2D eigenvalue weighted by Crippen LogP contribution is 2.30. The molecule has 134 valence electrons. The molecule has 0 unspecified atom stereocenters. The summed E-state index contributed by atoms with van der Waals surface area (Å²) in [4.78, 5) is 10.5. The van der Waals surface area contributed by atoms with Crippen molar-refractivity contribution < 1.29 is 17.6 Å². The van der Waals surface area contributed by atoms with Gasteiger partial charge in [-0.1, -0.05) is 6.07 Å². The minimum atomic E-state index is -4.54. The van der Waals surface area contributed by atoms with E-state index in [4.69, 9.17) is 0 Å². The van der Waals surface area contributed by atoms with Gasteiger partial charge >= 0.3 is 6.18 Å². The lowest BCUT2D eigenvalue weighted by Gasteiger charge is -2.17. The van der Waals surface area contributed by atoms with Crippen molar-refractivity contribution in [2.45, 2.75) is 25.2 Å². The predicted molar refractivity (Wildman–Crippen MR) is 88.6 cm³/mol. The number of aromatic nitrogens is 2. The van der Waals surface area contributed by atoms with Crippen LogP contribution in [0.15, 0.2) is 35.1 Å². The highest BCUT2D eigenvalue weighted by molar-refractivity contribution is 9.10. The SMILES string of the molecule is Fc1cc(C(F)(F)F)ccc1CN[C@H]1CCN(c2ncc(Br)cn2)C1. The van der Waals surface area contributed by atoms with Crippen LogP contribution in [0, 0.1) is 5.82 Å². The fourth-order valence-electron chi connectivity index (χ4n) is 2.70. The van der Waals surface area contributed by atoms with Crippen LogP contribution in [0.2, 0.25) is 0 Å². The number of anilines is 1. The molecule has 1 aromatic carbocycles. The second-order valence-electron chi connectivity index (χ2n) is 5.82. The first-order valence-electron chi connectivity index (χ1n) is 7.64. The van der Waals surface area contributed by atoms with Crippen LogP contribution in [-0.4, -0.2) is 29.1 Å². The van der Waals surface area contributed by atoms with E-state index in [1.54, 1.807) is 12.4 Å². The maximum Gasteiger partial charge on any atom is 0.416 e. The molecule has 1 saturated heterocycles. The normalized spacial score (nSPS) is 18.0. The van der Waals surface area contributed by atoms with Crippen molar-refractivity contribution in [3.05, 3.63) is 52.0 Å². The van der Waals surface area contributed by atoms with Crippen LogP contribution >= 0.6 is 15.9 Å². The zero-order valence-electron chi connectivity index (χ0n) is 13.0. The van der Waals surface area contributed by atoms with E-state index >= 15 is 0 Å². The van der Waals surface area contributed by atoms with Gasteiger partial charge in [0.1, 0.15) is 5.82 Å². The van der Waals surface area contributed by atoms with Crippen molar-refractivity contribution in [3.63, 3.8) is 0 Å². The monoisotopic (exact) mass is 418 g/mol. The molecule has 1 fully saturated rings. The lowest BCUT2D eigenvalue weighted by atomic mass is 10.1. The summed E-state index contributed by atoms with van der Waals surface area (Å²) in [6, 6.07) is 2.70. The molecule has 1 aromatic heterocycles. The van der Waals surface area contributed by atoms with Gasteiger partial charge in [-0.2, -0.15) is 13.2 Å². The van der Waals surface area contributed by atoms with Gasteiger partial charge < -0.3 is 10.2 Å². The number of hydrogen-bond acceptors (Lipinski definition) is 4. The molecule has 1 aliphatic heterocycles. The molecular formula is C16H15BrF4N4. The molecule has 0 saturated carbocycles. The Balaban J connectivity index is 1.57. The lowest BCUT2D eigenvalue weighted by molar-refractivity contribution is -0.137. The fourth-order valence-corrected chi connectivity index (χ4v) is 2.90.